The van der Waals surface area contributed by atoms with Gasteiger partial charge in [0.05, 0.1) is 5.52 Å². The molecule has 4 nitrogen and oxygen atoms in total. The average molecular weight is 394 g/mol. The van der Waals surface area contributed by atoms with E-state index in [0.717, 1.165) is 48.4 Å². The number of nitrogens with zero attached hydrogens (tertiary/aromatic N) is 3. The Labute approximate surface area is 170 Å². The molecule has 2 heterocycles. The molecular weight excluding hydrogens is 370 g/mol. The minimum Gasteiger partial charge on any atom is -0.299 e. The molecule has 1 aliphatic rings. The zero-order valence-corrected chi connectivity index (χ0v) is 16.8. The van der Waals surface area contributed by atoms with Crippen LogP contribution in [0, 0.1) is 5.92 Å². The number of ketones is 1. The average Bonchev–Trinajstić information content (AvgIpc) is 3.06. The predicted octanol–water partition coefficient (Wildman–Crippen LogP) is 4.88. The van der Waals surface area contributed by atoms with Gasteiger partial charge in [-0.1, -0.05) is 48.0 Å². The molecule has 144 valence electrons. The van der Waals surface area contributed by atoms with Gasteiger partial charge in [-0.3, -0.25) is 14.4 Å². The van der Waals surface area contributed by atoms with Gasteiger partial charge in [-0.2, -0.15) is 5.10 Å². The van der Waals surface area contributed by atoms with E-state index in [1.807, 2.05) is 43.4 Å². The summed E-state index contributed by atoms with van der Waals surface area (Å²) in [7, 11) is 1.87. The molecule has 0 N–H and O–H groups in total. The van der Waals surface area contributed by atoms with Crippen LogP contribution in [-0.2, 0) is 13.6 Å². The highest BCUT2D eigenvalue weighted by molar-refractivity contribution is 6.30. The van der Waals surface area contributed by atoms with Crippen molar-refractivity contribution < 1.29 is 4.79 Å². The molecule has 0 amide bonds. The zero-order valence-electron chi connectivity index (χ0n) is 16.0. The molecule has 0 saturated carbocycles. The van der Waals surface area contributed by atoms with Crippen LogP contribution in [0.1, 0.15) is 28.9 Å². The molecule has 0 atom stereocenters. The van der Waals surface area contributed by atoms with E-state index in [0.29, 0.717) is 11.6 Å². The van der Waals surface area contributed by atoms with Gasteiger partial charge in [-0.15, -0.1) is 0 Å². The number of piperidine rings is 1. The second-order valence-corrected chi connectivity index (χ2v) is 7.89. The number of para-hydroxylation sites is 1. The van der Waals surface area contributed by atoms with Gasteiger partial charge in [0.25, 0.3) is 0 Å². The fraction of sp³-hybridized carbons (Fsp3) is 0.304. The molecule has 0 spiro atoms. The summed E-state index contributed by atoms with van der Waals surface area (Å²) in [5, 5.41) is 6.11. The third-order valence-corrected chi connectivity index (χ3v) is 5.71. The van der Waals surface area contributed by atoms with Crippen molar-refractivity contribution in [3.63, 3.8) is 0 Å². The number of hydrogen-bond donors (Lipinski definition) is 0. The molecule has 0 radical (unpaired) electrons. The van der Waals surface area contributed by atoms with E-state index in [1.54, 1.807) is 10.8 Å². The zero-order chi connectivity index (χ0) is 19.5. The second-order valence-electron chi connectivity index (χ2n) is 7.45. The van der Waals surface area contributed by atoms with Crippen molar-refractivity contribution in [1.29, 1.82) is 0 Å². The summed E-state index contributed by atoms with van der Waals surface area (Å²) >= 11 is 5.96. The Hall–Kier alpha value is -2.43. The monoisotopic (exact) mass is 393 g/mol. The molecule has 1 aliphatic heterocycles. The minimum absolute atomic E-state index is 0.0135. The maximum atomic E-state index is 12.7. The van der Waals surface area contributed by atoms with Crippen LogP contribution in [0.15, 0.2) is 60.7 Å². The van der Waals surface area contributed by atoms with Crippen molar-refractivity contribution in [2.45, 2.75) is 19.4 Å². The van der Waals surface area contributed by atoms with Crippen molar-refractivity contribution in [2.24, 2.45) is 13.0 Å². The molecule has 1 aromatic heterocycles. The minimum atomic E-state index is -0.0135. The number of aryl methyl sites for hydroxylation is 1. The van der Waals surface area contributed by atoms with Gasteiger partial charge < -0.3 is 0 Å². The molecule has 2 aromatic carbocycles. The van der Waals surface area contributed by atoms with Crippen LogP contribution in [0.4, 0.5) is 0 Å². The lowest BCUT2D eigenvalue weighted by Gasteiger charge is -2.30. The largest absolute Gasteiger partial charge is 0.299 e. The number of carbonyl (C=O) groups excluding carboxylic acids is 1. The lowest BCUT2D eigenvalue weighted by atomic mass is 9.95. The highest BCUT2D eigenvalue weighted by atomic mass is 35.5. The Bertz CT molecular complexity index is 998. The Balaban J connectivity index is 1.34. The van der Waals surface area contributed by atoms with Gasteiger partial charge in [-0.05, 0) is 61.7 Å². The number of benzene rings is 2. The summed E-state index contributed by atoms with van der Waals surface area (Å²) in [6, 6.07) is 15.9. The normalized spacial score (nSPS) is 16.2. The maximum absolute atomic E-state index is 12.7. The standard InChI is InChI=1S/C23H24ClN3O/c1-26-21-5-3-2-4-20(21)23(25-26)22(28)11-8-17-12-14-27(15-13-17)16-18-6-9-19(24)10-7-18/h2-11,17H,12-16H2,1H3/b11-8+. The van der Waals surface area contributed by atoms with E-state index in [-0.39, 0.29) is 5.78 Å². The fourth-order valence-corrected chi connectivity index (χ4v) is 3.98. The number of likely N-dealkylation sites (tertiary alicyclic amines) is 1. The summed E-state index contributed by atoms with van der Waals surface area (Å²) in [5.41, 5.74) is 2.81. The van der Waals surface area contributed by atoms with Crippen molar-refractivity contribution >= 4 is 28.3 Å². The number of allylic oxidation sites excluding steroid dienone is 2. The first-order chi connectivity index (χ1) is 13.6. The van der Waals surface area contributed by atoms with Crippen molar-refractivity contribution in [3.05, 3.63) is 77.0 Å². The highest BCUT2D eigenvalue weighted by Gasteiger charge is 2.18. The van der Waals surface area contributed by atoms with Gasteiger partial charge >= 0.3 is 0 Å². The first kappa shape index (κ1) is 18.9. The van der Waals surface area contributed by atoms with E-state index in [9.17, 15) is 4.79 Å². The topological polar surface area (TPSA) is 38.1 Å². The molecule has 28 heavy (non-hydrogen) atoms. The molecule has 1 fully saturated rings. The Morgan fingerprint density at radius 3 is 2.61 bits per heavy atom. The van der Waals surface area contributed by atoms with Crippen molar-refractivity contribution in [1.82, 2.24) is 14.7 Å². The molecule has 0 bridgehead atoms. The summed E-state index contributed by atoms with van der Waals surface area (Å²) in [6.45, 7) is 3.03. The van der Waals surface area contributed by atoms with Crippen LogP contribution in [-0.4, -0.2) is 33.6 Å². The van der Waals surface area contributed by atoms with Crippen molar-refractivity contribution in [3.8, 4) is 0 Å². The predicted molar refractivity (Wildman–Crippen MR) is 114 cm³/mol. The SMILES string of the molecule is Cn1nc(C(=O)/C=C/C2CCN(Cc3ccc(Cl)cc3)CC2)c2ccccc21. The van der Waals surface area contributed by atoms with Gasteiger partial charge in [0, 0.05) is 24.0 Å². The van der Waals surface area contributed by atoms with Crippen LogP contribution in [0.3, 0.4) is 0 Å². The molecule has 3 aromatic rings. The fourth-order valence-electron chi connectivity index (χ4n) is 3.85. The van der Waals surface area contributed by atoms with Crippen LogP contribution < -0.4 is 0 Å². The van der Waals surface area contributed by atoms with Crippen molar-refractivity contribution in [2.75, 3.05) is 13.1 Å². The molecule has 0 aliphatic carbocycles. The van der Waals surface area contributed by atoms with Crippen LogP contribution >= 0.6 is 11.6 Å². The van der Waals surface area contributed by atoms with Crippen LogP contribution in [0.25, 0.3) is 10.9 Å². The Morgan fingerprint density at radius 2 is 1.86 bits per heavy atom. The van der Waals surface area contributed by atoms with Gasteiger partial charge in [-0.25, -0.2) is 0 Å². The Kier molecular flexibility index (Phi) is 5.60. The number of rotatable bonds is 5. The molecule has 5 heteroatoms. The van der Waals surface area contributed by atoms with E-state index in [4.69, 9.17) is 11.6 Å². The van der Waals surface area contributed by atoms with Gasteiger partial charge in [0.2, 0.25) is 5.78 Å². The smallest absolute Gasteiger partial charge is 0.206 e. The Morgan fingerprint density at radius 1 is 1.14 bits per heavy atom. The molecule has 0 unspecified atom stereocenters. The molecule has 1 saturated heterocycles. The summed E-state index contributed by atoms with van der Waals surface area (Å²) in [5.74, 6) is 0.431. The number of fused-ring (bicyclic) bond motifs is 1. The van der Waals surface area contributed by atoms with Crippen LogP contribution in [0.2, 0.25) is 5.02 Å². The molecule has 4 rings (SSSR count). The number of carbonyl (C=O) groups is 1. The molecular formula is C23H24ClN3O. The second kappa shape index (κ2) is 8.29. The van der Waals surface area contributed by atoms with E-state index < -0.39 is 0 Å². The van der Waals surface area contributed by atoms with Gasteiger partial charge in [0.1, 0.15) is 5.69 Å². The first-order valence-electron chi connectivity index (χ1n) is 9.71. The third kappa shape index (κ3) is 4.18. The number of aromatic nitrogens is 2. The summed E-state index contributed by atoms with van der Waals surface area (Å²) < 4.78 is 1.77. The summed E-state index contributed by atoms with van der Waals surface area (Å²) in [6.07, 6.45) is 5.93. The van der Waals surface area contributed by atoms with E-state index in [1.165, 1.54) is 5.56 Å². The quantitative estimate of drug-likeness (QED) is 0.458. The number of hydrogen-bond acceptors (Lipinski definition) is 3. The first-order valence-corrected chi connectivity index (χ1v) is 10.1. The lowest BCUT2D eigenvalue weighted by Crippen LogP contribution is -2.32. The summed E-state index contributed by atoms with van der Waals surface area (Å²) in [4.78, 5) is 15.1. The number of halogens is 1. The third-order valence-electron chi connectivity index (χ3n) is 5.46. The van der Waals surface area contributed by atoms with Gasteiger partial charge in [0.15, 0.2) is 0 Å². The highest BCUT2D eigenvalue weighted by Crippen LogP contribution is 2.22. The van der Waals surface area contributed by atoms with E-state index in [2.05, 4.69) is 28.2 Å². The maximum Gasteiger partial charge on any atom is 0.206 e. The van der Waals surface area contributed by atoms with E-state index >= 15 is 0 Å². The van der Waals surface area contributed by atoms with Crippen LogP contribution in [0.5, 0.6) is 0 Å². The lowest BCUT2D eigenvalue weighted by molar-refractivity contribution is 0.104.